The fourth-order valence-electron chi connectivity index (χ4n) is 3.17. The van der Waals surface area contributed by atoms with Crippen LogP contribution in [0.3, 0.4) is 0 Å². The number of halogens is 4. The smallest absolute Gasteiger partial charge is 0.401 e. The van der Waals surface area contributed by atoms with Gasteiger partial charge in [-0.15, -0.1) is 0 Å². The highest BCUT2D eigenvalue weighted by Gasteiger charge is 2.34. The first-order chi connectivity index (χ1) is 12.1. The quantitative estimate of drug-likeness (QED) is 0.753. The Bertz CT molecular complexity index is 655. The van der Waals surface area contributed by atoms with Gasteiger partial charge in [0.25, 0.3) is 5.91 Å². The summed E-state index contributed by atoms with van der Waals surface area (Å²) in [5.41, 5.74) is 6.34. The number of alkyl halides is 3. The molecule has 0 aliphatic carbocycles. The molecule has 1 unspecified atom stereocenters. The molecule has 0 spiro atoms. The van der Waals surface area contributed by atoms with Crippen LogP contribution in [0, 0.1) is 5.92 Å². The maximum absolute atomic E-state index is 12.8. The predicted octanol–water partition coefficient (Wildman–Crippen LogP) is 3.28. The Hall–Kier alpha value is -1.67. The van der Waals surface area contributed by atoms with Gasteiger partial charge in [-0.1, -0.05) is 18.5 Å². The molecule has 1 saturated heterocycles. The average molecular weight is 394 g/mol. The molecule has 26 heavy (non-hydrogen) atoms. The number of carbonyl (C=O) groups excluding carboxylic acids is 1. The van der Waals surface area contributed by atoms with Gasteiger partial charge in [-0.2, -0.15) is 13.2 Å². The number of likely N-dealkylation sites (tertiary alicyclic amines) is 1. The predicted molar refractivity (Wildman–Crippen MR) is 94.6 cm³/mol. The number of ether oxygens (including phenoxy) is 1. The van der Waals surface area contributed by atoms with Crippen LogP contribution in [0.4, 0.5) is 18.9 Å². The van der Waals surface area contributed by atoms with E-state index in [1.807, 2.05) is 0 Å². The second-order valence-electron chi connectivity index (χ2n) is 6.42. The number of amides is 1. The van der Waals surface area contributed by atoms with Gasteiger partial charge >= 0.3 is 6.18 Å². The monoisotopic (exact) mass is 393 g/mol. The number of nitrogen functional groups attached to an aromatic ring is 1. The Morgan fingerprint density at radius 1 is 1.46 bits per heavy atom. The van der Waals surface area contributed by atoms with Gasteiger partial charge in [0, 0.05) is 25.7 Å². The number of nitrogens with two attached hydrogens (primary N) is 1. The molecule has 146 valence electrons. The first-order valence-electron chi connectivity index (χ1n) is 8.36. The van der Waals surface area contributed by atoms with Gasteiger partial charge in [0.05, 0.1) is 29.9 Å². The summed E-state index contributed by atoms with van der Waals surface area (Å²) >= 11 is 6.01. The summed E-state index contributed by atoms with van der Waals surface area (Å²) < 4.78 is 43.0. The van der Waals surface area contributed by atoms with Gasteiger partial charge in [-0.05, 0) is 24.9 Å². The number of anilines is 1. The van der Waals surface area contributed by atoms with Crippen molar-refractivity contribution in [3.63, 3.8) is 0 Å². The molecular weight excluding hydrogens is 371 g/mol. The Labute approximate surface area is 155 Å². The minimum atomic E-state index is -4.22. The zero-order valence-corrected chi connectivity index (χ0v) is 15.5. The molecule has 0 radical (unpaired) electrons. The highest BCUT2D eigenvalue weighted by Crippen LogP contribution is 2.31. The van der Waals surface area contributed by atoms with Crippen LogP contribution >= 0.6 is 11.6 Å². The lowest BCUT2D eigenvalue weighted by Crippen LogP contribution is -2.38. The van der Waals surface area contributed by atoms with Crippen molar-refractivity contribution in [2.24, 2.45) is 5.92 Å². The van der Waals surface area contributed by atoms with E-state index >= 15 is 0 Å². The Morgan fingerprint density at radius 2 is 2.15 bits per heavy atom. The summed E-state index contributed by atoms with van der Waals surface area (Å²) in [6.07, 6.45) is -3.57. The Morgan fingerprint density at radius 3 is 2.73 bits per heavy atom. The standard InChI is InChI=1S/C17H23ClF3N3O2/c1-3-23(10-17(19,20)21)8-11-4-5-24(9-11)16(25)12-6-13(18)14(22)7-15(12)26-2/h6-7,11H,3-5,8-10,22H2,1-2H3. The second-order valence-corrected chi connectivity index (χ2v) is 6.83. The molecule has 2 rings (SSSR count). The van der Waals surface area contributed by atoms with Crippen LogP contribution in [-0.4, -0.2) is 61.7 Å². The molecule has 1 amide bonds. The van der Waals surface area contributed by atoms with Crippen molar-refractivity contribution >= 4 is 23.2 Å². The van der Waals surface area contributed by atoms with Crippen LogP contribution < -0.4 is 10.5 Å². The van der Waals surface area contributed by atoms with E-state index in [1.54, 1.807) is 11.8 Å². The van der Waals surface area contributed by atoms with Crippen molar-refractivity contribution in [2.75, 3.05) is 45.6 Å². The first-order valence-corrected chi connectivity index (χ1v) is 8.73. The number of methoxy groups -OCH3 is 1. The van der Waals surface area contributed by atoms with Crippen LogP contribution in [0.25, 0.3) is 0 Å². The van der Waals surface area contributed by atoms with Crippen molar-refractivity contribution < 1.29 is 22.7 Å². The van der Waals surface area contributed by atoms with Crippen LogP contribution in [0.2, 0.25) is 5.02 Å². The van der Waals surface area contributed by atoms with Gasteiger partial charge in [-0.3, -0.25) is 9.69 Å². The van der Waals surface area contributed by atoms with Crippen molar-refractivity contribution in [3.05, 3.63) is 22.7 Å². The summed E-state index contributed by atoms with van der Waals surface area (Å²) in [6.45, 7) is 2.27. The van der Waals surface area contributed by atoms with E-state index in [-0.39, 0.29) is 16.8 Å². The lowest BCUT2D eigenvalue weighted by molar-refractivity contribution is -0.146. The van der Waals surface area contributed by atoms with Gasteiger partial charge in [-0.25, -0.2) is 0 Å². The largest absolute Gasteiger partial charge is 0.496 e. The molecule has 1 fully saturated rings. The molecule has 1 heterocycles. The first kappa shape index (κ1) is 20.6. The fourth-order valence-corrected chi connectivity index (χ4v) is 3.33. The number of rotatable bonds is 6. The third kappa shape index (κ3) is 5.17. The maximum Gasteiger partial charge on any atom is 0.401 e. The molecule has 5 nitrogen and oxygen atoms in total. The zero-order chi connectivity index (χ0) is 19.5. The summed E-state index contributed by atoms with van der Waals surface area (Å²) in [6, 6.07) is 2.96. The van der Waals surface area contributed by atoms with Crippen LogP contribution in [0.15, 0.2) is 12.1 Å². The van der Waals surface area contributed by atoms with E-state index in [2.05, 4.69) is 0 Å². The van der Waals surface area contributed by atoms with Crippen LogP contribution in [0.5, 0.6) is 5.75 Å². The minimum absolute atomic E-state index is 0.00324. The van der Waals surface area contributed by atoms with Gasteiger partial charge in [0.1, 0.15) is 5.75 Å². The summed E-state index contributed by atoms with van der Waals surface area (Å²) in [4.78, 5) is 15.8. The van der Waals surface area contributed by atoms with Crippen molar-refractivity contribution in [3.8, 4) is 5.75 Å². The van der Waals surface area contributed by atoms with E-state index < -0.39 is 12.7 Å². The average Bonchev–Trinajstić information content (AvgIpc) is 3.02. The SMILES string of the molecule is CCN(CC1CCN(C(=O)c2cc(Cl)c(N)cc2OC)C1)CC(F)(F)F. The van der Waals surface area contributed by atoms with Crippen molar-refractivity contribution in [1.82, 2.24) is 9.80 Å². The molecule has 2 N–H and O–H groups in total. The van der Waals surface area contributed by atoms with E-state index in [0.717, 1.165) is 0 Å². The molecule has 0 aromatic heterocycles. The van der Waals surface area contributed by atoms with E-state index in [1.165, 1.54) is 24.1 Å². The molecule has 1 aliphatic rings. The number of nitrogens with zero attached hydrogens (tertiary/aromatic N) is 2. The summed E-state index contributed by atoms with van der Waals surface area (Å²) in [5.74, 6) is 0.0641. The third-order valence-electron chi connectivity index (χ3n) is 4.49. The number of carbonyl (C=O) groups is 1. The van der Waals surface area contributed by atoms with Gasteiger partial charge in [0.15, 0.2) is 0 Å². The fraction of sp³-hybridized carbons (Fsp3) is 0.588. The molecule has 1 atom stereocenters. The van der Waals surface area contributed by atoms with E-state index in [9.17, 15) is 18.0 Å². The molecule has 9 heteroatoms. The van der Waals surface area contributed by atoms with Crippen LogP contribution in [-0.2, 0) is 0 Å². The second kappa shape index (κ2) is 8.35. The lowest BCUT2D eigenvalue weighted by Gasteiger charge is -2.25. The van der Waals surface area contributed by atoms with E-state index in [4.69, 9.17) is 22.1 Å². The third-order valence-corrected chi connectivity index (χ3v) is 4.82. The number of benzene rings is 1. The summed E-state index contributed by atoms with van der Waals surface area (Å²) in [7, 11) is 1.43. The van der Waals surface area contributed by atoms with Crippen LogP contribution in [0.1, 0.15) is 23.7 Å². The molecule has 0 saturated carbocycles. The molecule has 1 aromatic carbocycles. The lowest BCUT2D eigenvalue weighted by atomic mass is 10.1. The Balaban J connectivity index is 2.04. The zero-order valence-electron chi connectivity index (χ0n) is 14.8. The highest BCUT2D eigenvalue weighted by molar-refractivity contribution is 6.33. The molecular formula is C17H23ClF3N3O2. The number of hydrogen-bond donors (Lipinski definition) is 1. The molecule has 1 aliphatic heterocycles. The normalized spacial score (nSPS) is 17.8. The maximum atomic E-state index is 12.8. The Kier molecular flexibility index (Phi) is 6.63. The summed E-state index contributed by atoms with van der Waals surface area (Å²) in [5, 5.41) is 0.257. The van der Waals surface area contributed by atoms with E-state index in [0.29, 0.717) is 49.6 Å². The number of hydrogen-bond acceptors (Lipinski definition) is 4. The van der Waals surface area contributed by atoms with Gasteiger partial charge in [0.2, 0.25) is 0 Å². The topological polar surface area (TPSA) is 58.8 Å². The van der Waals surface area contributed by atoms with Crippen molar-refractivity contribution in [2.45, 2.75) is 19.5 Å². The van der Waals surface area contributed by atoms with Gasteiger partial charge < -0.3 is 15.4 Å². The molecule has 0 bridgehead atoms. The molecule has 1 aromatic rings. The minimum Gasteiger partial charge on any atom is -0.496 e. The van der Waals surface area contributed by atoms with Crippen molar-refractivity contribution in [1.29, 1.82) is 0 Å². The highest BCUT2D eigenvalue weighted by atomic mass is 35.5.